The molecule has 0 spiro atoms. The smallest absolute Gasteiger partial charge is 0.387 e. The number of rotatable bonds is 7. The summed E-state index contributed by atoms with van der Waals surface area (Å²) in [5.74, 6) is -0.714. The van der Waals surface area contributed by atoms with Crippen molar-refractivity contribution in [3.63, 3.8) is 0 Å². The maximum Gasteiger partial charge on any atom is 0.387 e. The Balaban J connectivity index is 2.00. The van der Waals surface area contributed by atoms with Crippen molar-refractivity contribution < 1.29 is 26.7 Å². The molecule has 0 saturated carbocycles. The average molecular weight is 376 g/mol. The lowest BCUT2D eigenvalue weighted by atomic mass is 10.3. The Kier molecular flexibility index (Phi) is 5.86. The quantitative estimate of drug-likeness (QED) is 0.806. The number of thiophene rings is 1. The summed E-state index contributed by atoms with van der Waals surface area (Å²) in [7, 11) is -2.46. The largest absolute Gasteiger partial charge is 0.435 e. The van der Waals surface area contributed by atoms with Crippen molar-refractivity contribution in [2.45, 2.75) is 10.8 Å². The van der Waals surface area contributed by atoms with Crippen LogP contribution in [0.3, 0.4) is 0 Å². The van der Waals surface area contributed by atoms with E-state index in [4.69, 9.17) is 0 Å². The molecule has 130 valence electrons. The monoisotopic (exact) mass is 376 g/mol. The summed E-state index contributed by atoms with van der Waals surface area (Å²) in [6.07, 6.45) is 0. The van der Waals surface area contributed by atoms with Crippen molar-refractivity contribution in [3.8, 4) is 5.75 Å². The van der Waals surface area contributed by atoms with E-state index in [1.54, 1.807) is 11.4 Å². The van der Waals surface area contributed by atoms with E-state index < -0.39 is 29.1 Å². The number of likely N-dealkylation sites (N-methyl/N-ethyl adjacent to an activating group) is 1. The number of carbonyl (C=O) groups excluding carboxylic acids is 1. The fourth-order valence-corrected chi connectivity index (χ4v) is 4.13. The average Bonchev–Trinajstić information content (AvgIpc) is 3.01. The van der Waals surface area contributed by atoms with Crippen LogP contribution in [0.4, 0.5) is 14.5 Å². The van der Waals surface area contributed by atoms with Gasteiger partial charge in [-0.2, -0.15) is 13.1 Å². The Hall–Kier alpha value is -2.04. The minimum Gasteiger partial charge on any atom is -0.435 e. The molecule has 0 saturated heterocycles. The van der Waals surface area contributed by atoms with Gasteiger partial charge < -0.3 is 10.1 Å². The van der Waals surface area contributed by atoms with Gasteiger partial charge in [0.15, 0.2) is 0 Å². The molecule has 0 aliphatic heterocycles. The zero-order valence-electron chi connectivity index (χ0n) is 12.5. The van der Waals surface area contributed by atoms with Crippen molar-refractivity contribution in [2.24, 2.45) is 0 Å². The number of alkyl halides is 2. The van der Waals surface area contributed by atoms with E-state index >= 15 is 0 Å². The van der Waals surface area contributed by atoms with Gasteiger partial charge in [-0.3, -0.25) is 4.79 Å². The maximum atomic E-state index is 12.2. The Morgan fingerprint density at radius 3 is 2.71 bits per heavy atom. The van der Waals surface area contributed by atoms with Gasteiger partial charge in [-0.25, -0.2) is 8.42 Å². The molecule has 10 heteroatoms. The van der Waals surface area contributed by atoms with Gasteiger partial charge in [-0.1, -0.05) is 12.1 Å². The molecule has 1 heterocycles. The number of halogens is 2. The molecule has 0 bridgehead atoms. The van der Waals surface area contributed by atoms with Crippen LogP contribution in [0, 0.1) is 0 Å². The molecule has 1 aromatic heterocycles. The zero-order valence-corrected chi connectivity index (χ0v) is 14.1. The predicted octanol–water partition coefficient (Wildman–Crippen LogP) is 2.61. The summed E-state index contributed by atoms with van der Waals surface area (Å²) in [6.45, 7) is -3.39. The first-order valence-electron chi connectivity index (χ1n) is 6.63. The molecule has 2 aromatic rings. The molecule has 0 radical (unpaired) electrons. The fraction of sp³-hybridized carbons (Fsp3) is 0.214. The second-order valence-corrected chi connectivity index (χ2v) is 7.87. The van der Waals surface area contributed by atoms with Gasteiger partial charge in [-0.05, 0) is 23.6 Å². The summed E-state index contributed by atoms with van der Waals surface area (Å²) >= 11 is 1.05. The number of sulfonamides is 1. The Labute approximate surface area is 141 Å². The van der Waals surface area contributed by atoms with E-state index in [1.807, 2.05) is 0 Å². The molecule has 0 fully saturated rings. The second-order valence-electron chi connectivity index (χ2n) is 4.65. The lowest BCUT2D eigenvalue weighted by Gasteiger charge is -2.16. The third kappa shape index (κ3) is 4.73. The van der Waals surface area contributed by atoms with E-state index in [1.165, 1.54) is 37.4 Å². The minimum absolute atomic E-state index is 0.109. The minimum atomic E-state index is -3.74. The number of hydrogen-bond acceptors (Lipinski definition) is 5. The number of benzene rings is 1. The van der Waals surface area contributed by atoms with Crippen molar-refractivity contribution in [1.29, 1.82) is 0 Å². The van der Waals surface area contributed by atoms with Crippen LogP contribution in [0.15, 0.2) is 46.0 Å². The highest BCUT2D eigenvalue weighted by atomic mass is 32.2. The molecule has 2 rings (SSSR count). The van der Waals surface area contributed by atoms with Crippen LogP contribution in [0.5, 0.6) is 5.75 Å². The highest BCUT2D eigenvalue weighted by Gasteiger charge is 2.23. The number of amides is 1. The summed E-state index contributed by atoms with van der Waals surface area (Å²) in [6, 6.07) is 8.48. The van der Waals surface area contributed by atoms with E-state index in [0.29, 0.717) is 0 Å². The number of anilines is 1. The van der Waals surface area contributed by atoms with Crippen LogP contribution >= 0.6 is 11.3 Å². The molecule has 6 nitrogen and oxygen atoms in total. The van der Waals surface area contributed by atoms with Crippen LogP contribution in [0.25, 0.3) is 0 Å². The lowest BCUT2D eigenvalue weighted by molar-refractivity contribution is -0.116. The molecule has 24 heavy (non-hydrogen) atoms. The number of ether oxygens (including phenoxy) is 1. The molecule has 0 unspecified atom stereocenters. The summed E-state index contributed by atoms with van der Waals surface area (Å²) < 4.78 is 54.0. The first-order chi connectivity index (χ1) is 11.3. The fourth-order valence-electron chi connectivity index (χ4n) is 1.80. The number of nitrogens with zero attached hydrogens (tertiary/aromatic N) is 1. The second kappa shape index (κ2) is 7.69. The first kappa shape index (κ1) is 18.3. The first-order valence-corrected chi connectivity index (χ1v) is 8.95. The zero-order chi connectivity index (χ0) is 17.7. The van der Waals surface area contributed by atoms with Crippen LogP contribution in [-0.4, -0.2) is 38.8 Å². The Morgan fingerprint density at radius 1 is 1.33 bits per heavy atom. The van der Waals surface area contributed by atoms with Gasteiger partial charge in [0, 0.05) is 18.8 Å². The molecular weight excluding hydrogens is 362 g/mol. The number of carbonyl (C=O) groups is 1. The summed E-state index contributed by atoms with van der Waals surface area (Å²) in [5.41, 5.74) is 0.222. The van der Waals surface area contributed by atoms with Gasteiger partial charge in [0.05, 0.1) is 6.54 Å². The van der Waals surface area contributed by atoms with Crippen molar-refractivity contribution >= 4 is 33.0 Å². The highest BCUT2D eigenvalue weighted by Crippen LogP contribution is 2.21. The van der Waals surface area contributed by atoms with Crippen LogP contribution < -0.4 is 10.1 Å². The van der Waals surface area contributed by atoms with E-state index in [0.717, 1.165) is 15.6 Å². The van der Waals surface area contributed by atoms with Crippen molar-refractivity contribution in [3.05, 3.63) is 41.8 Å². The topological polar surface area (TPSA) is 75.7 Å². The van der Waals surface area contributed by atoms with E-state index in [-0.39, 0.29) is 15.6 Å². The van der Waals surface area contributed by atoms with Gasteiger partial charge in [0.1, 0.15) is 9.96 Å². The number of hydrogen-bond donors (Lipinski definition) is 1. The SMILES string of the molecule is CN(CC(=O)Nc1cccc(OC(F)F)c1)S(=O)(=O)c1cccs1. The lowest BCUT2D eigenvalue weighted by Crippen LogP contribution is -2.34. The molecule has 1 N–H and O–H groups in total. The molecule has 0 aliphatic rings. The Morgan fingerprint density at radius 2 is 2.08 bits per heavy atom. The Bertz CT molecular complexity index is 795. The van der Waals surface area contributed by atoms with E-state index in [2.05, 4.69) is 10.1 Å². The number of nitrogens with one attached hydrogen (secondary N) is 1. The third-order valence-corrected chi connectivity index (χ3v) is 6.05. The van der Waals surface area contributed by atoms with Gasteiger partial charge >= 0.3 is 6.61 Å². The van der Waals surface area contributed by atoms with Gasteiger partial charge in [-0.15, -0.1) is 11.3 Å². The summed E-state index contributed by atoms with van der Waals surface area (Å²) in [4.78, 5) is 12.0. The molecule has 0 aliphatic carbocycles. The standard InChI is InChI=1S/C14H14F2N2O4S2/c1-18(24(20,21)13-6-3-7-23-13)9-12(19)17-10-4-2-5-11(8-10)22-14(15)16/h2-8,14H,9H2,1H3,(H,17,19). The summed E-state index contributed by atoms with van der Waals surface area (Å²) in [5, 5.41) is 4.06. The normalized spacial score (nSPS) is 11.7. The molecule has 1 amide bonds. The molecular formula is C14H14F2N2O4S2. The third-order valence-electron chi connectivity index (χ3n) is 2.87. The predicted molar refractivity (Wildman–Crippen MR) is 85.8 cm³/mol. The molecule has 1 aromatic carbocycles. The van der Waals surface area contributed by atoms with E-state index in [9.17, 15) is 22.0 Å². The van der Waals surface area contributed by atoms with Crippen LogP contribution in [0.2, 0.25) is 0 Å². The van der Waals surface area contributed by atoms with Gasteiger partial charge in [0.25, 0.3) is 10.0 Å². The molecule has 0 atom stereocenters. The maximum absolute atomic E-state index is 12.2. The van der Waals surface area contributed by atoms with Crippen LogP contribution in [-0.2, 0) is 14.8 Å². The van der Waals surface area contributed by atoms with Crippen molar-refractivity contribution in [2.75, 3.05) is 18.9 Å². The van der Waals surface area contributed by atoms with Gasteiger partial charge in [0.2, 0.25) is 5.91 Å². The highest BCUT2D eigenvalue weighted by molar-refractivity contribution is 7.91. The van der Waals surface area contributed by atoms with Crippen LogP contribution in [0.1, 0.15) is 0 Å². The van der Waals surface area contributed by atoms with Crippen molar-refractivity contribution in [1.82, 2.24) is 4.31 Å².